The highest BCUT2D eigenvalue weighted by atomic mass is 32.2. The van der Waals surface area contributed by atoms with Gasteiger partial charge in [0.1, 0.15) is 0 Å². The summed E-state index contributed by atoms with van der Waals surface area (Å²) in [6.45, 7) is 0. The Morgan fingerprint density at radius 3 is 2.48 bits per heavy atom. The van der Waals surface area contributed by atoms with E-state index in [0.717, 1.165) is 12.0 Å². The number of hydrogen-bond donors (Lipinski definition) is 1. The quantitative estimate of drug-likeness (QED) is 0.546. The number of benzene rings is 2. The number of aromatic nitrogens is 2. The van der Waals surface area contributed by atoms with Crippen LogP contribution in [0.3, 0.4) is 0 Å². The molecule has 27 heavy (non-hydrogen) atoms. The van der Waals surface area contributed by atoms with E-state index in [9.17, 15) is 4.79 Å². The van der Waals surface area contributed by atoms with Crippen molar-refractivity contribution in [3.05, 3.63) is 77.7 Å². The average Bonchev–Trinajstić information content (AvgIpc) is 3.15. The van der Waals surface area contributed by atoms with Gasteiger partial charge in [0.15, 0.2) is 0 Å². The molecule has 0 spiro atoms. The molecule has 0 aliphatic heterocycles. The van der Waals surface area contributed by atoms with Crippen LogP contribution in [0.15, 0.2) is 70.3 Å². The van der Waals surface area contributed by atoms with Gasteiger partial charge < -0.3 is 9.73 Å². The highest BCUT2D eigenvalue weighted by Gasteiger charge is 2.16. The molecule has 2 aromatic carbocycles. The zero-order valence-electron chi connectivity index (χ0n) is 15.0. The van der Waals surface area contributed by atoms with Crippen LogP contribution in [0, 0.1) is 0 Å². The molecule has 1 atom stereocenters. The van der Waals surface area contributed by atoms with Crippen molar-refractivity contribution in [3.8, 4) is 0 Å². The first-order valence-electron chi connectivity index (χ1n) is 8.57. The molecular formula is C20H21N3O2S2. The van der Waals surface area contributed by atoms with Crippen LogP contribution in [0.2, 0.25) is 0 Å². The van der Waals surface area contributed by atoms with Gasteiger partial charge in [-0.05, 0) is 23.8 Å². The van der Waals surface area contributed by atoms with Crippen LogP contribution in [-0.4, -0.2) is 28.1 Å². The van der Waals surface area contributed by atoms with E-state index in [0.29, 0.717) is 16.9 Å². The van der Waals surface area contributed by atoms with Gasteiger partial charge in [0, 0.05) is 0 Å². The van der Waals surface area contributed by atoms with Crippen molar-refractivity contribution >= 4 is 29.4 Å². The molecule has 1 amide bonds. The molecule has 5 nitrogen and oxygen atoms in total. The Kier molecular flexibility index (Phi) is 7.36. The summed E-state index contributed by atoms with van der Waals surface area (Å²) < 4.78 is 5.50. The monoisotopic (exact) mass is 399 g/mol. The van der Waals surface area contributed by atoms with E-state index >= 15 is 0 Å². The molecule has 0 fully saturated rings. The molecule has 0 bridgehead atoms. The first-order chi connectivity index (χ1) is 13.2. The summed E-state index contributed by atoms with van der Waals surface area (Å²) >= 11 is 2.87. The van der Waals surface area contributed by atoms with Crippen molar-refractivity contribution in [2.45, 2.75) is 23.4 Å². The van der Waals surface area contributed by atoms with Crippen molar-refractivity contribution < 1.29 is 9.21 Å². The second kappa shape index (κ2) is 10.2. The molecule has 0 saturated carbocycles. The van der Waals surface area contributed by atoms with Gasteiger partial charge in [-0.1, -0.05) is 72.4 Å². The third-order valence-electron chi connectivity index (χ3n) is 3.86. The minimum Gasteiger partial charge on any atom is -0.415 e. The van der Waals surface area contributed by atoms with Gasteiger partial charge in [-0.25, -0.2) is 0 Å². The van der Waals surface area contributed by atoms with Crippen LogP contribution in [-0.2, 0) is 17.0 Å². The van der Waals surface area contributed by atoms with E-state index in [-0.39, 0.29) is 17.7 Å². The number of rotatable bonds is 9. The van der Waals surface area contributed by atoms with Gasteiger partial charge >= 0.3 is 0 Å². The Hall–Kier alpha value is -2.25. The highest BCUT2D eigenvalue weighted by Crippen LogP contribution is 2.21. The maximum absolute atomic E-state index is 12.5. The Bertz CT molecular complexity index is 841. The van der Waals surface area contributed by atoms with Crippen molar-refractivity contribution in [2.24, 2.45) is 0 Å². The largest absolute Gasteiger partial charge is 0.415 e. The Labute approximate surface area is 167 Å². The summed E-state index contributed by atoms with van der Waals surface area (Å²) in [6.07, 6.45) is 2.71. The Balaban J connectivity index is 1.61. The van der Waals surface area contributed by atoms with Crippen molar-refractivity contribution in [2.75, 3.05) is 12.0 Å². The zero-order chi connectivity index (χ0) is 18.9. The molecule has 1 N–H and O–H groups in total. The van der Waals surface area contributed by atoms with Crippen molar-refractivity contribution in [3.63, 3.8) is 0 Å². The number of hydrogen-bond acceptors (Lipinski definition) is 6. The van der Waals surface area contributed by atoms with Gasteiger partial charge in [0.05, 0.1) is 17.5 Å². The van der Waals surface area contributed by atoms with E-state index in [4.69, 9.17) is 4.42 Å². The van der Waals surface area contributed by atoms with E-state index < -0.39 is 0 Å². The van der Waals surface area contributed by atoms with E-state index in [1.54, 1.807) is 11.8 Å². The minimum atomic E-state index is -0.0866. The van der Waals surface area contributed by atoms with Gasteiger partial charge in [0.2, 0.25) is 11.8 Å². The summed E-state index contributed by atoms with van der Waals surface area (Å²) in [5.41, 5.74) is 2.26. The van der Waals surface area contributed by atoms with Crippen LogP contribution in [0.4, 0.5) is 0 Å². The molecule has 140 valence electrons. The maximum atomic E-state index is 12.5. The fourth-order valence-electron chi connectivity index (χ4n) is 2.63. The number of thioether (sulfide) groups is 2. The summed E-state index contributed by atoms with van der Waals surface area (Å²) in [5, 5.41) is 11.5. The molecule has 0 aliphatic carbocycles. The minimum absolute atomic E-state index is 0.0607. The first-order valence-corrected chi connectivity index (χ1v) is 10.9. The fourth-order valence-corrected chi connectivity index (χ4v) is 3.58. The molecule has 1 aromatic heterocycles. The lowest BCUT2D eigenvalue weighted by Gasteiger charge is -2.19. The van der Waals surface area contributed by atoms with Crippen LogP contribution >= 0.6 is 23.5 Å². The van der Waals surface area contributed by atoms with Crippen molar-refractivity contribution in [1.82, 2.24) is 15.5 Å². The average molecular weight is 400 g/mol. The smallest absolute Gasteiger partial charge is 0.277 e. The second-order valence-electron chi connectivity index (χ2n) is 5.90. The molecule has 0 aliphatic rings. The lowest BCUT2D eigenvalue weighted by atomic mass is 9.99. The third-order valence-corrected chi connectivity index (χ3v) is 5.22. The van der Waals surface area contributed by atoms with Crippen LogP contribution in [0.5, 0.6) is 0 Å². The van der Waals surface area contributed by atoms with Crippen LogP contribution in [0.1, 0.15) is 23.1 Å². The van der Waals surface area contributed by atoms with Gasteiger partial charge in [-0.2, -0.15) is 11.8 Å². The number of nitrogens with zero attached hydrogens (tertiary/aromatic N) is 2. The summed E-state index contributed by atoms with van der Waals surface area (Å²) in [4.78, 5) is 12.5. The summed E-state index contributed by atoms with van der Waals surface area (Å²) in [6, 6.07) is 20.1. The van der Waals surface area contributed by atoms with E-state index in [2.05, 4.69) is 27.6 Å². The molecule has 0 radical (unpaired) electrons. The number of amides is 1. The Morgan fingerprint density at radius 1 is 1.07 bits per heavy atom. The molecule has 7 heteroatoms. The maximum Gasteiger partial charge on any atom is 0.277 e. The number of nitrogens with one attached hydrogen (secondary N) is 1. The lowest BCUT2D eigenvalue weighted by Crippen LogP contribution is -2.31. The number of carbonyl (C=O) groups excluding carboxylic acids is 1. The molecular weight excluding hydrogens is 378 g/mol. The van der Waals surface area contributed by atoms with E-state index in [1.807, 2.05) is 54.8 Å². The molecule has 1 unspecified atom stereocenters. The second-order valence-corrected chi connectivity index (χ2v) is 7.70. The lowest BCUT2D eigenvalue weighted by molar-refractivity contribution is -0.119. The van der Waals surface area contributed by atoms with Crippen LogP contribution in [0.25, 0.3) is 0 Å². The normalized spacial score (nSPS) is 11.9. The molecule has 3 rings (SSSR count). The predicted octanol–water partition coefficient (Wildman–Crippen LogP) is 4.12. The molecule has 1 heterocycles. The van der Waals surface area contributed by atoms with Gasteiger partial charge in [0.25, 0.3) is 5.22 Å². The summed E-state index contributed by atoms with van der Waals surface area (Å²) in [7, 11) is 0. The zero-order valence-corrected chi connectivity index (χ0v) is 16.6. The number of carbonyl (C=O) groups is 1. The molecule has 0 saturated heterocycles. The molecule has 3 aromatic rings. The summed E-state index contributed by atoms with van der Waals surface area (Å²) in [5.74, 6) is 1.43. The van der Waals surface area contributed by atoms with Gasteiger partial charge in [-0.15, -0.1) is 10.2 Å². The fraction of sp³-hybridized carbons (Fsp3) is 0.250. The predicted molar refractivity (Wildman–Crippen MR) is 110 cm³/mol. The first kappa shape index (κ1) is 19.5. The SMILES string of the molecule is CSCc1nnc(SCC(=O)NC(Cc2ccccc2)c2ccccc2)o1. The standard InChI is InChI=1S/C20H21N3O2S2/c1-26-14-19-22-23-20(25-19)27-13-18(24)21-17(16-10-6-3-7-11-16)12-15-8-4-2-5-9-15/h2-11,17H,12-14H2,1H3,(H,21,24). The van der Waals surface area contributed by atoms with Crippen molar-refractivity contribution in [1.29, 1.82) is 0 Å². The topological polar surface area (TPSA) is 68.0 Å². The highest BCUT2D eigenvalue weighted by molar-refractivity contribution is 7.99. The third kappa shape index (κ3) is 6.15. The van der Waals surface area contributed by atoms with E-state index in [1.165, 1.54) is 17.3 Å². The van der Waals surface area contributed by atoms with Gasteiger partial charge in [-0.3, -0.25) is 4.79 Å². The Morgan fingerprint density at radius 2 is 1.78 bits per heavy atom. The van der Waals surface area contributed by atoms with Crippen LogP contribution < -0.4 is 5.32 Å².